The van der Waals surface area contributed by atoms with Gasteiger partial charge in [-0.15, -0.1) is 12.4 Å². The van der Waals surface area contributed by atoms with Crippen molar-refractivity contribution in [1.29, 1.82) is 0 Å². The van der Waals surface area contributed by atoms with Gasteiger partial charge in [0.25, 0.3) is 0 Å². The van der Waals surface area contributed by atoms with E-state index >= 15 is 0 Å². The minimum atomic E-state index is -0.434. The number of aromatic nitrogens is 4. The zero-order valence-corrected chi connectivity index (χ0v) is 13.3. The fourth-order valence-corrected chi connectivity index (χ4v) is 2.25. The number of benzene rings is 1. The second kappa shape index (κ2) is 6.85. The average Bonchev–Trinajstić information content (AvgIpc) is 2.88. The molecular weight excluding hydrogens is 326 g/mol. The van der Waals surface area contributed by atoms with Crippen molar-refractivity contribution in [2.45, 2.75) is 13.5 Å². The van der Waals surface area contributed by atoms with Crippen molar-refractivity contribution in [3.05, 3.63) is 65.2 Å². The molecule has 22 heavy (non-hydrogen) atoms. The number of imidazole rings is 1. The predicted octanol–water partition coefficient (Wildman–Crippen LogP) is 3.91. The Morgan fingerprint density at radius 3 is 2.73 bits per heavy atom. The first-order valence-electron chi connectivity index (χ1n) is 6.38. The summed E-state index contributed by atoms with van der Waals surface area (Å²) < 4.78 is 15.2. The Morgan fingerprint density at radius 2 is 2.05 bits per heavy atom. The molecule has 0 N–H and O–H groups in total. The molecule has 0 aliphatic heterocycles. The van der Waals surface area contributed by atoms with Crippen LogP contribution in [0.5, 0.6) is 0 Å². The number of nitrogens with zero attached hydrogens (tertiary/aromatic N) is 4. The molecule has 3 aromatic rings. The molecule has 2 aromatic heterocycles. The van der Waals surface area contributed by atoms with Gasteiger partial charge >= 0.3 is 0 Å². The summed E-state index contributed by atoms with van der Waals surface area (Å²) in [4.78, 5) is 4.17. The van der Waals surface area contributed by atoms with Gasteiger partial charge in [-0.2, -0.15) is 10.2 Å². The number of hydrogen-bond acceptors (Lipinski definition) is 3. The first-order valence-corrected chi connectivity index (χ1v) is 6.76. The number of hydrogen-bond donors (Lipinski definition) is 0. The fourth-order valence-electron chi connectivity index (χ4n) is 2.07. The lowest BCUT2D eigenvalue weighted by Gasteiger charge is -2.07. The maximum absolute atomic E-state index is 13.2. The maximum Gasteiger partial charge on any atom is 0.141 e. The van der Waals surface area contributed by atoms with E-state index < -0.39 is 5.82 Å². The fraction of sp³-hybridized carbons (Fsp3) is 0.133. The highest BCUT2D eigenvalue weighted by Gasteiger charge is 2.06. The number of halogens is 3. The minimum Gasteiger partial charge on any atom is -0.329 e. The van der Waals surface area contributed by atoms with Crippen molar-refractivity contribution in [2.24, 2.45) is 0 Å². The summed E-state index contributed by atoms with van der Waals surface area (Å²) in [5.41, 5.74) is 2.45. The molecule has 0 atom stereocenters. The van der Waals surface area contributed by atoms with E-state index in [2.05, 4.69) is 15.2 Å². The van der Waals surface area contributed by atoms with E-state index in [1.54, 1.807) is 24.5 Å². The molecule has 114 valence electrons. The highest BCUT2D eigenvalue weighted by molar-refractivity contribution is 6.31. The molecule has 4 nitrogen and oxygen atoms in total. The van der Waals surface area contributed by atoms with Gasteiger partial charge in [-0.25, -0.2) is 9.37 Å². The average molecular weight is 339 g/mol. The second-order valence-electron chi connectivity index (χ2n) is 4.67. The van der Waals surface area contributed by atoms with Crippen LogP contribution < -0.4 is 0 Å². The van der Waals surface area contributed by atoms with E-state index in [1.807, 2.05) is 23.8 Å². The van der Waals surface area contributed by atoms with Crippen LogP contribution >= 0.6 is 24.0 Å². The van der Waals surface area contributed by atoms with Crippen LogP contribution in [0.1, 0.15) is 11.5 Å². The lowest BCUT2D eigenvalue weighted by Crippen LogP contribution is -2.04. The maximum atomic E-state index is 13.2. The Morgan fingerprint density at radius 1 is 1.23 bits per heavy atom. The molecule has 1 aromatic carbocycles. The van der Waals surface area contributed by atoms with Crippen LogP contribution in [0.15, 0.2) is 42.9 Å². The third kappa shape index (κ3) is 3.43. The second-order valence-corrected chi connectivity index (χ2v) is 5.07. The zero-order chi connectivity index (χ0) is 14.8. The summed E-state index contributed by atoms with van der Waals surface area (Å²) in [6.07, 6.45) is 5.26. The van der Waals surface area contributed by atoms with Crippen LogP contribution in [-0.4, -0.2) is 19.7 Å². The highest BCUT2D eigenvalue weighted by Crippen LogP contribution is 2.24. The first-order chi connectivity index (χ1) is 10.1. The van der Waals surface area contributed by atoms with Crippen LogP contribution in [0.25, 0.3) is 11.1 Å². The molecule has 0 fully saturated rings. The van der Waals surface area contributed by atoms with Crippen molar-refractivity contribution in [1.82, 2.24) is 19.7 Å². The summed E-state index contributed by atoms with van der Waals surface area (Å²) in [5.74, 6) is 0.476. The number of rotatable bonds is 3. The SMILES string of the molecule is Cc1nccn1Cc1cc(-c2ccc(F)c(Cl)c2)cnn1.Cl. The van der Waals surface area contributed by atoms with E-state index in [9.17, 15) is 4.39 Å². The summed E-state index contributed by atoms with van der Waals surface area (Å²) in [6, 6.07) is 6.51. The van der Waals surface area contributed by atoms with Gasteiger partial charge in [0.2, 0.25) is 0 Å². The van der Waals surface area contributed by atoms with Crippen LogP contribution in [0.3, 0.4) is 0 Å². The van der Waals surface area contributed by atoms with Crippen LogP contribution in [-0.2, 0) is 6.54 Å². The Labute approximate surface area is 138 Å². The molecule has 3 rings (SSSR count). The van der Waals surface area contributed by atoms with E-state index in [1.165, 1.54) is 6.07 Å². The van der Waals surface area contributed by atoms with E-state index in [4.69, 9.17) is 11.6 Å². The van der Waals surface area contributed by atoms with Crippen molar-refractivity contribution < 1.29 is 4.39 Å². The summed E-state index contributed by atoms with van der Waals surface area (Å²) in [5, 5.41) is 8.21. The lowest BCUT2D eigenvalue weighted by molar-refractivity contribution is 0.628. The van der Waals surface area contributed by atoms with Crippen LogP contribution in [0.2, 0.25) is 5.02 Å². The molecule has 0 unspecified atom stereocenters. The standard InChI is InChI=1S/C15H12ClFN4.ClH/c1-10-18-4-5-21(10)9-13-6-12(8-19-20-13)11-2-3-15(17)14(16)7-11;/h2-8H,9H2,1H3;1H. The van der Waals surface area contributed by atoms with Gasteiger partial charge in [0.1, 0.15) is 11.6 Å². The number of aryl methyl sites for hydroxylation is 1. The summed E-state index contributed by atoms with van der Waals surface area (Å²) >= 11 is 5.82. The predicted molar refractivity (Wildman–Crippen MR) is 85.8 cm³/mol. The largest absolute Gasteiger partial charge is 0.329 e. The smallest absolute Gasteiger partial charge is 0.141 e. The quantitative estimate of drug-likeness (QED) is 0.727. The van der Waals surface area contributed by atoms with Crippen molar-refractivity contribution >= 4 is 24.0 Å². The normalized spacial score (nSPS) is 10.3. The first kappa shape index (κ1) is 16.4. The summed E-state index contributed by atoms with van der Waals surface area (Å²) in [7, 11) is 0. The van der Waals surface area contributed by atoms with Gasteiger partial charge in [0.05, 0.1) is 23.5 Å². The van der Waals surface area contributed by atoms with Gasteiger partial charge < -0.3 is 4.57 Å². The van der Waals surface area contributed by atoms with Crippen molar-refractivity contribution in [3.63, 3.8) is 0 Å². The van der Waals surface area contributed by atoms with Crippen LogP contribution in [0, 0.1) is 12.7 Å². The highest BCUT2D eigenvalue weighted by atomic mass is 35.5. The van der Waals surface area contributed by atoms with E-state index in [0.717, 1.165) is 22.6 Å². The molecule has 0 bridgehead atoms. The van der Waals surface area contributed by atoms with Gasteiger partial charge in [0.15, 0.2) is 0 Å². The third-order valence-electron chi connectivity index (χ3n) is 3.21. The molecule has 7 heteroatoms. The monoisotopic (exact) mass is 338 g/mol. The molecule has 0 saturated carbocycles. The van der Waals surface area contributed by atoms with E-state index in [-0.39, 0.29) is 17.4 Å². The van der Waals surface area contributed by atoms with Gasteiger partial charge in [-0.3, -0.25) is 0 Å². The molecule has 0 aliphatic rings. The molecule has 0 saturated heterocycles. The van der Waals surface area contributed by atoms with E-state index in [0.29, 0.717) is 6.54 Å². The Bertz CT molecular complexity index is 789. The Balaban J connectivity index is 0.00000176. The molecule has 0 aliphatic carbocycles. The molecule has 0 amide bonds. The molecule has 0 spiro atoms. The van der Waals surface area contributed by atoms with Gasteiger partial charge in [-0.05, 0) is 30.7 Å². The van der Waals surface area contributed by atoms with Crippen LogP contribution in [0.4, 0.5) is 4.39 Å². The molecular formula is C15H13Cl2FN4. The third-order valence-corrected chi connectivity index (χ3v) is 3.50. The zero-order valence-electron chi connectivity index (χ0n) is 11.7. The summed E-state index contributed by atoms with van der Waals surface area (Å²) in [6.45, 7) is 2.51. The Hall–Kier alpha value is -1.98. The van der Waals surface area contributed by atoms with Crippen molar-refractivity contribution in [3.8, 4) is 11.1 Å². The molecule has 2 heterocycles. The lowest BCUT2D eigenvalue weighted by atomic mass is 10.1. The molecule has 0 radical (unpaired) electrons. The minimum absolute atomic E-state index is 0. The van der Waals surface area contributed by atoms with Gasteiger partial charge in [0, 0.05) is 18.0 Å². The van der Waals surface area contributed by atoms with Crippen molar-refractivity contribution in [2.75, 3.05) is 0 Å². The Kier molecular flexibility index (Phi) is 5.11. The topological polar surface area (TPSA) is 43.6 Å². The van der Waals surface area contributed by atoms with Gasteiger partial charge in [-0.1, -0.05) is 17.7 Å².